The molecule has 0 saturated carbocycles. The van der Waals surface area contributed by atoms with Crippen LogP contribution in [0.25, 0.3) is 0 Å². The molecular weight excluding hydrogens is 307 g/mol. The van der Waals surface area contributed by atoms with Gasteiger partial charge in [-0.25, -0.2) is 4.39 Å². The van der Waals surface area contributed by atoms with Gasteiger partial charge >= 0.3 is 0 Å². The van der Waals surface area contributed by atoms with Gasteiger partial charge in [-0.15, -0.1) is 0 Å². The van der Waals surface area contributed by atoms with E-state index >= 15 is 0 Å². The molecule has 0 heterocycles. The number of carbonyl (C=O) groups is 1. The molecule has 0 fully saturated rings. The van der Waals surface area contributed by atoms with Gasteiger partial charge in [-0.3, -0.25) is 4.79 Å². The van der Waals surface area contributed by atoms with Crippen molar-refractivity contribution in [3.05, 3.63) is 89.7 Å². The molecule has 0 aliphatic rings. The molecule has 0 aliphatic heterocycles. The van der Waals surface area contributed by atoms with E-state index in [-0.39, 0.29) is 5.82 Å². The quantitative estimate of drug-likeness (QED) is 0.598. The highest BCUT2D eigenvalue weighted by Gasteiger charge is 2.01. The number of hydrogen-bond donors (Lipinski definition) is 0. The van der Waals surface area contributed by atoms with Gasteiger partial charge in [0.2, 0.25) is 0 Å². The minimum Gasteiger partial charge on any atom is -0.489 e. The maximum atomic E-state index is 12.9. The van der Waals surface area contributed by atoms with Crippen LogP contribution in [0.2, 0.25) is 0 Å². The zero-order valence-electron chi connectivity index (χ0n) is 12.8. The molecule has 3 aromatic rings. The lowest BCUT2D eigenvalue weighted by Gasteiger charge is -2.09. The topological polar surface area (TPSA) is 35.5 Å². The van der Waals surface area contributed by atoms with Crippen LogP contribution in [0.1, 0.15) is 15.9 Å². The first-order valence-electron chi connectivity index (χ1n) is 7.43. The summed E-state index contributed by atoms with van der Waals surface area (Å²) in [5, 5.41) is 0. The third kappa shape index (κ3) is 4.20. The van der Waals surface area contributed by atoms with Crippen LogP contribution in [0.5, 0.6) is 17.2 Å². The van der Waals surface area contributed by atoms with Gasteiger partial charge in [0.1, 0.15) is 36.0 Å². The zero-order valence-corrected chi connectivity index (χ0v) is 12.8. The molecule has 0 amide bonds. The van der Waals surface area contributed by atoms with Crippen molar-refractivity contribution in [2.45, 2.75) is 6.61 Å². The Kier molecular flexibility index (Phi) is 4.87. The highest BCUT2D eigenvalue weighted by molar-refractivity contribution is 5.74. The van der Waals surface area contributed by atoms with Crippen molar-refractivity contribution in [3.8, 4) is 17.2 Å². The van der Waals surface area contributed by atoms with Gasteiger partial charge < -0.3 is 9.47 Å². The first-order valence-corrected chi connectivity index (χ1v) is 7.43. The average molecular weight is 322 g/mol. The molecule has 0 unspecified atom stereocenters. The van der Waals surface area contributed by atoms with E-state index in [9.17, 15) is 9.18 Å². The van der Waals surface area contributed by atoms with Gasteiger partial charge in [0.05, 0.1) is 0 Å². The van der Waals surface area contributed by atoms with Gasteiger partial charge in [-0.1, -0.05) is 12.1 Å². The zero-order chi connectivity index (χ0) is 16.8. The third-order valence-electron chi connectivity index (χ3n) is 3.37. The molecule has 0 atom stereocenters. The van der Waals surface area contributed by atoms with Crippen LogP contribution in [0.15, 0.2) is 72.8 Å². The molecule has 0 saturated heterocycles. The Morgan fingerprint density at radius 1 is 0.833 bits per heavy atom. The summed E-state index contributed by atoms with van der Waals surface area (Å²) in [6.45, 7) is 0.376. The van der Waals surface area contributed by atoms with Crippen LogP contribution in [0.3, 0.4) is 0 Å². The summed E-state index contributed by atoms with van der Waals surface area (Å²) in [5.74, 6) is 1.61. The maximum Gasteiger partial charge on any atom is 0.150 e. The van der Waals surface area contributed by atoms with E-state index in [2.05, 4.69) is 0 Å². The lowest BCUT2D eigenvalue weighted by atomic mass is 10.2. The van der Waals surface area contributed by atoms with Crippen LogP contribution in [-0.2, 0) is 6.61 Å². The number of carbonyl (C=O) groups excluding carboxylic acids is 1. The summed E-state index contributed by atoms with van der Waals surface area (Å²) < 4.78 is 24.3. The summed E-state index contributed by atoms with van der Waals surface area (Å²) in [5.41, 5.74) is 1.55. The summed E-state index contributed by atoms with van der Waals surface area (Å²) >= 11 is 0. The van der Waals surface area contributed by atoms with Crippen molar-refractivity contribution >= 4 is 6.29 Å². The second-order valence-corrected chi connectivity index (χ2v) is 5.18. The van der Waals surface area contributed by atoms with E-state index in [0.717, 1.165) is 11.8 Å². The predicted octanol–water partition coefficient (Wildman–Crippen LogP) is 5.01. The summed E-state index contributed by atoms with van der Waals surface area (Å²) in [6.07, 6.45) is 0.792. The Hall–Kier alpha value is -3.14. The second-order valence-electron chi connectivity index (χ2n) is 5.18. The van der Waals surface area contributed by atoms with Gasteiger partial charge in [0, 0.05) is 5.56 Å². The molecule has 0 aliphatic carbocycles. The van der Waals surface area contributed by atoms with Crippen molar-refractivity contribution < 1.29 is 18.7 Å². The van der Waals surface area contributed by atoms with Crippen molar-refractivity contribution in [1.29, 1.82) is 0 Å². The highest BCUT2D eigenvalue weighted by atomic mass is 19.1. The van der Waals surface area contributed by atoms with E-state index in [0.29, 0.717) is 29.4 Å². The smallest absolute Gasteiger partial charge is 0.150 e. The lowest BCUT2D eigenvalue weighted by Crippen LogP contribution is -1.96. The number of hydrogen-bond acceptors (Lipinski definition) is 3. The summed E-state index contributed by atoms with van der Waals surface area (Å²) in [4.78, 5) is 10.6. The molecule has 0 aromatic heterocycles. The molecule has 0 spiro atoms. The molecule has 3 aromatic carbocycles. The Morgan fingerprint density at radius 3 is 2.25 bits per heavy atom. The third-order valence-corrected chi connectivity index (χ3v) is 3.37. The van der Waals surface area contributed by atoms with Crippen molar-refractivity contribution in [1.82, 2.24) is 0 Å². The minimum atomic E-state index is -0.301. The van der Waals surface area contributed by atoms with Gasteiger partial charge in [-0.05, 0) is 66.2 Å². The Balaban J connectivity index is 1.63. The van der Waals surface area contributed by atoms with Crippen molar-refractivity contribution in [2.75, 3.05) is 0 Å². The fourth-order valence-electron chi connectivity index (χ4n) is 2.15. The normalized spacial score (nSPS) is 10.2. The van der Waals surface area contributed by atoms with E-state index in [1.807, 2.05) is 24.3 Å². The number of benzene rings is 3. The molecule has 4 heteroatoms. The first-order chi connectivity index (χ1) is 11.7. The first kappa shape index (κ1) is 15.7. The molecule has 0 N–H and O–H groups in total. The van der Waals surface area contributed by atoms with E-state index in [4.69, 9.17) is 9.47 Å². The Labute approximate surface area is 139 Å². The standard InChI is InChI=1S/C20H15FO3/c21-17-6-10-19(11-7-17)24-20-3-1-2-16(12-20)14-23-18-8-4-15(13-22)5-9-18/h1-13H,14H2. The van der Waals surface area contributed by atoms with E-state index in [1.165, 1.54) is 12.1 Å². The fourth-order valence-corrected chi connectivity index (χ4v) is 2.15. The highest BCUT2D eigenvalue weighted by Crippen LogP contribution is 2.23. The molecule has 0 radical (unpaired) electrons. The van der Waals surface area contributed by atoms with Crippen LogP contribution in [0.4, 0.5) is 4.39 Å². The van der Waals surface area contributed by atoms with Crippen molar-refractivity contribution in [3.63, 3.8) is 0 Å². The number of aldehydes is 1. The summed E-state index contributed by atoms with van der Waals surface area (Å²) in [6, 6.07) is 20.3. The largest absolute Gasteiger partial charge is 0.489 e. The Morgan fingerprint density at radius 2 is 1.54 bits per heavy atom. The monoisotopic (exact) mass is 322 g/mol. The molecule has 3 nitrogen and oxygen atoms in total. The molecule has 120 valence electrons. The molecule has 0 bridgehead atoms. The fraction of sp³-hybridized carbons (Fsp3) is 0.0500. The van der Waals surface area contributed by atoms with Crippen LogP contribution in [-0.4, -0.2) is 6.29 Å². The second kappa shape index (κ2) is 7.42. The molecule has 24 heavy (non-hydrogen) atoms. The Bertz CT molecular complexity index is 811. The van der Waals surface area contributed by atoms with Crippen molar-refractivity contribution in [2.24, 2.45) is 0 Å². The maximum absolute atomic E-state index is 12.9. The van der Waals surface area contributed by atoms with Gasteiger partial charge in [0.15, 0.2) is 0 Å². The number of rotatable bonds is 6. The van der Waals surface area contributed by atoms with E-state index < -0.39 is 0 Å². The SMILES string of the molecule is O=Cc1ccc(OCc2cccc(Oc3ccc(F)cc3)c2)cc1. The van der Waals surface area contributed by atoms with Gasteiger partial charge in [0.25, 0.3) is 0 Å². The van der Waals surface area contributed by atoms with Crippen LogP contribution >= 0.6 is 0 Å². The molecule has 3 rings (SSSR count). The average Bonchev–Trinajstić information content (AvgIpc) is 2.63. The van der Waals surface area contributed by atoms with E-state index in [1.54, 1.807) is 36.4 Å². The van der Waals surface area contributed by atoms with Gasteiger partial charge in [-0.2, -0.15) is 0 Å². The van der Waals surface area contributed by atoms with Crippen LogP contribution < -0.4 is 9.47 Å². The lowest BCUT2D eigenvalue weighted by molar-refractivity contribution is 0.112. The summed E-state index contributed by atoms with van der Waals surface area (Å²) in [7, 11) is 0. The molecular formula is C20H15FO3. The minimum absolute atomic E-state index is 0.301. The van der Waals surface area contributed by atoms with Crippen LogP contribution in [0, 0.1) is 5.82 Å². The number of ether oxygens (including phenoxy) is 2. The predicted molar refractivity (Wildman–Crippen MR) is 89.1 cm³/mol. The number of halogens is 1.